The van der Waals surface area contributed by atoms with Gasteiger partial charge in [0.15, 0.2) is 0 Å². The lowest BCUT2D eigenvalue weighted by atomic mass is 9.79. The van der Waals surface area contributed by atoms with E-state index in [2.05, 4.69) is 10.8 Å². The van der Waals surface area contributed by atoms with E-state index >= 15 is 0 Å². The van der Waals surface area contributed by atoms with Gasteiger partial charge in [0.05, 0.1) is 6.54 Å². The molecule has 0 amide bonds. The zero-order valence-corrected chi connectivity index (χ0v) is 10.7. The third kappa shape index (κ3) is 3.70. The molecule has 0 aromatic heterocycles. The Morgan fingerprint density at radius 3 is 2.59 bits per heavy atom. The summed E-state index contributed by atoms with van der Waals surface area (Å²) in [7, 11) is 0. The molecule has 1 saturated carbocycles. The van der Waals surface area contributed by atoms with E-state index in [0.29, 0.717) is 0 Å². The highest BCUT2D eigenvalue weighted by atomic mass is 16.5. The molecule has 1 aliphatic carbocycles. The quantitative estimate of drug-likeness (QED) is 0.702. The lowest BCUT2D eigenvalue weighted by molar-refractivity contribution is 0.00126. The molecule has 0 atom stereocenters. The van der Waals surface area contributed by atoms with E-state index in [-0.39, 0.29) is 5.41 Å². The van der Waals surface area contributed by atoms with Crippen molar-refractivity contribution in [2.45, 2.75) is 25.7 Å². The molecule has 0 spiro atoms. The van der Waals surface area contributed by atoms with Crippen LogP contribution < -0.4 is 5.73 Å². The van der Waals surface area contributed by atoms with E-state index in [9.17, 15) is 0 Å². The van der Waals surface area contributed by atoms with Gasteiger partial charge in [0, 0.05) is 26.3 Å². The maximum absolute atomic E-state index is 6.00. The van der Waals surface area contributed by atoms with Crippen LogP contribution in [0.15, 0.2) is 0 Å². The molecule has 2 fully saturated rings. The van der Waals surface area contributed by atoms with Crippen molar-refractivity contribution in [2.24, 2.45) is 17.1 Å². The number of nitrogens with two attached hydrogens (primary N) is 1. The monoisotopic (exact) mass is 236 g/mol. The molecule has 1 heterocycles. The maximum Gasteiger partial charge on any atom is 0.0599 e. The number of hydrogen-bond donors (Lipinski definition) is 1. The summed E-state index contributed by atoms with van der Waals surface area (Å²) in [5.41, 5.74) is 6.24. The van der Waals surface area contributed by atoms with E-state index in [1.807, 2.05) is 0 Å². The Morgan fingerprint density at radius 1 is 1.35 bits per heavy atom. The maximum atomic E-state index is 6.00. The molecule has 1 aliphatic heterocycles. The average molecular weight is 236 g/mol. The number of terminal acetylenes is 1. The highest BCUT2D eigenvalue weighted by Crippen LogP contribution is 2.33. The number of rotatable bonds is 6. The fraction of sp³-hybridized carbons (Fsp3) is 0.857. The molecule has 0 aromatic carbocycles. The second-order valence-corrected chi connectivity index (χ2v) is 5.63. The average Bonchev–Trinajstić information content (AvgIpc) is 3.14. The molecule has 0 radical (unpaired) electrons. The number of nitrogens with zero attached hydrogens (tertiary/aromatic N) is 1. The molecule has 17 heavy (non-hydrogen) atoms. The molecule has 0 bridgehead atoms. The van der Waals surface area contributed by atoms with Crippen LogP contribution in [0.1, 0.15) is 25.7 Å². The van der Waals surface area contributed by atoms with Gasteiger partial charge >= 0.3 is 0 Å². The van der Waals surface area contributed by atoms with Gasteiger partial charge in [0.1, 0.15) is 0 Å². The van der Waals surface area contributed by atoms with Gasteiger partial charge in [-0.3, -0.25) is 4.90 Å². The molecular weight excluding hydrogens is 212 g/mol. The van der Waals surface area contributed by atoms with Crippen molar-refractivity contribution in [2.75, 3.05) is 39.4 Å². The van der Waals surface area contributed by atoms with Crippen molar-refractivity contribution < 1.29 is 4.74 Å². The largest absolute Gasteiger partial charge is 0.381 e. The minimum absolute atomic E-state index is 0.240. The van der Waals surface area contributed by atoms with Crippen molar-refractivity contribution in [3.05, 3.63) is 0 Å². The SMILES string of the molecule is C#CCN(CC1CC1)CC1(CN)CCOCC1. The van der Waals surface area contributed by atoms with Gasteiger partial charge in [-0.15, -0.1) is 6.42 Å². The van der Waals surface area contributed by atoms with Crippen LogP contribution in [0, 0.1) is 23.7 Å². The van der Waals surface area contributed by atoms with Gasteiger partial charge in [-0.1, -0.05) is 5.92 Å². The van der Waals surface area contributed by atoms with Crippen LogP contribution in [0.2, 0.25) is 0 Å². The number of ether oxygens (including phenoxy) is 1. The highest BCUT2D eigenvalue weighted by molar-refractivity contribution is 4.94. The first-order valence-corrected chi connectivity index (χ1v) is 6.72. The summed E-state index contributed by atoms with van der Waals surface area (Å²) in [5, 5.41) is 0. The van der Waals surface area contributed by atoms with Crippen molar-refractivity contribution in [1.29, 1.82) is 0 Å². The van der Waals surface area contributed by atoms with Crippen molar-refractivity contribution >= 4 is 0 Å². The summed E-state index contributed by atoms with van der Waals surface area (Å²) in [6.45, 7) is 5.43. The minimum atomic E-state index is 0.240. The van der Waals surface area contributed by atoms with Crippen LogP contribution in [-0.2, 0) is 4.74 Å². The Morgan fingerprint density at radius 2 is 2.06 bits per heavy atom. The smallest absolute Gasteiger partial charge is 0.0599 e. The van der Waals surface area contributed by atoms with Crippen LogP contribution in [-0.4, -0.2) is 44.3 Å². The summed E-state index contributed by atoms with van der Waals surface area (Å²) in [4.78, 5) is 2.43. The molecule has 3 nitrogen and oxygen atoms in total. The first kappa shape index (κ1) is 12.9. The van der Waals surface area contributed by atoms with Crippen molar-refractivity contribution in [3.8, 4) is 12.3 Å². The molecule has 96 valence electrons. The Bertz CT molecular complexity index is 274. The van der Waals surface area contributed by atoms with Crippen LogP contribution in [0.3, 0.4) is 0 Å². The van der Waals surface area contributed by atoms with Gasteiger partial charge in [-0.2, -0.15) is 0 Å². The fourth-order valence-electron chi connectivity index (χ4n) is 2.69. The number of hydrogen-bond acceptors (Lipinski definition) is 3. The summed E-state index contributed by atoms with van der Waals surface area (Å²) in [6.07, 6.45) is 10.4. The topological polar surface area (TPSA) is 38.5 Å². The van der Waals surface area contributed by atoms with Crippen molar-refractivity contribution in [1.82, 2.24) is 4.90 Å². The van der Waals surface area contributed by atoms with Crippen LogP contribution in [0.5, 0.6) is 0 Å². The fourth-order valence-corrected chi connectivity index (χ4v) is 2.69. The summed E-state index contributed by atoms with van der Waals surface area (Å²) in [6, 6.07) is 0. The van der Waals surface area contributed by atoms with E-state index in [1.165, 1.54) is 12.8 Å². The normalized spacial score (nSPS) is 23.6. The predicted molar refractivity (Wildman–Crippen MR) is 69.5 cm³/mol. The second-order valence-electron chi connectivity index (χ2n) is 5.63. The summed E-state index contributed by atoms with van der Waals surface area (Å²) < 4.78 is 5.45. The lowest BCUT2D eigenvalue weighted by Crippen LogP contribution is -2.46. The minimum Gasteiger partial charge on any atom is -0.381 e. The van der Waals surface area contributed by atoms with E-state index in [4.69, 9.17) is 16.9 Å². The molecule has 2 N–H and O–H groups in total. The molecule has 1 saturated heterocycles. The molecule has 0 aromatic rings. The lowest BCUT2D eigenvalue weighted by Gasteiger charge is -2.39. The highest BCUT2D eigenvalue weighted by Gasteiger charge is 2.34. The molecule has 3 heteroatoms. The Labute approximate surface area is 105 Å². The standard InChI is InChI=1S/C14H24N2O/c1-2-7-16(10-13-3-4-13)12-14(11-15)5-8-17-9-6-14/h1,13H,3-12,15H2. The third-order valence-electron chi connectivity index (χ3n) is 4.07. The molecular formula is C14H24N2O. The zero-order valence-electron chi connectivity index (χ0n) is 10.7. The van der Waals surface area contributed by atoms with Gasteiger partial charge < -0.3 is 10.5 Å². The summed E-state index contributed by atoms with van der Waals surface area (Å²) >= 11 is 0. The Hall–Kier alpha value is -0.560. The van der Waals surface area contributed by atoms with Gasteiger partial charge in [0.25, 0.3) is 0 Å². The van der Waals surface area contributed by atoms with Crippen LogP contribution in [0.4, 0.5) is 0 Å². The predicted octanol–water partition coefficient (Wildman–Crippen LogP) is 1.09. The van der Waals surface area contributed by atoms with E-state index in [1.54, 1.807) is 0 Å². The molecule has 0 unspecified atom stereocenters. The van der Waals surface area contributed by atoms with Crippen LogP contribution >= 0.6 is 0 Å². The zero-order chi connectivity index (χ0) is 12.1. The van der Waals surface area contributed by atoms with Gasteiger partial charge in [-0.25, -0.2) is 0 Å². The summed E-state index contributed by atoms with van der Waals surface area (Å²) in [5.74, 6) is 3.67. The first-order chi connectivity index (χ1) is 8.28. The second kappa shape index (κ2) is 5.86. The Balaban J connectivity index is 1.90. The molecule has 2 aliphatic rings. The van der Waals surface area contributed by atoms with Gasteiger partial charge in [0.2, 0.25) is 0 Å². The third-order valence-corrected chi connectivity index (χ3v) is 4.07. The van der Waals surface area contributed by atoms with Gasteiger partial charge in [-0.05, 0) is 43.6 Å². The van der Waals surface area contributed by atoms with Crippen LogP contribution in [0.25, 0.3) is 0 Å². The van der Waals surface area contributed by atoms with E-state index in [0.717, 1.165) is 58.2 Å². The molecule has 2 rings (SSSR count). The van der Waals surface area contributed by atoms with E-state index < -0.39 is 0 Å². The van der Waals surface area contributed by atoms with Crippen molar-refractivity contribution in [3.63, 3.8) is 0 Å². The first-order valence-electron chi connectivity index (χ1n) is 6.72. The Kier molecular flexibility index (Phi) is 4.44.